The lowest BCUT2D eigenvalue weighted by molar-refractivity contribution is 1.39. The van der Waals surface area contributed by atoms with Gasteiger partial charge in [-0.15, -0.1) is 0 Å². The Morgan fingerprint density at radius 1 is 1.50 bits per heavy atom. The van der Waals surface area contributed by atoms with Crippen LogP contribution in [0.15, 0.2) is 18.2 Å². The Morgan fingerprint density at radius 3 is 3.08 bits per heavy atom. The summed E-state index contributed by atoms with van der Waals surface area (Å²) in [6, 6.07) is 6.21. The Labute approximate surface area is 75.8 Å². The van der Waals surface area contributed by atoms with E-state index in [0.29, 0.717) is 5.13 Å². The quantitative estimate of drug-likeness (QED) is 0.658. The lowest BCUT2D eigenvalue weighted by atomic mass is 9.96. The largest absolute Gasteiger partial charge is 0.375 e. The molecule has 0 bridgehead atoms. The Kier molecular flexibility index (Phi) is 1.77. The van der Waals surface area contributed by atoms with Crippen LogP contribution in [0.25, 0.3) is 10.2 Å². The number of para-hydroxylation sites is 1. The number of hydrogen-bond acceptors (Lipinski definition) is 3. The molecule has 0 radical (unpaired) electrons. The van der Waals surface area contributed by atoms with Crippen LogP contribution >= 0.6 is 11.3 Å². The molecule has 1 heterocycles. The van der Waals surface area contributed by atoms with Crippen LogP contribution in [0.2, 0.25) is 0 Å². The second kappa shape index (κ2) is 2.79. The zero-order chi connectivity index (χ0) is 8.55. The molecule has 2 N–H and O–H groups in total. The van der Waals surface area contributed by atoms with Gasteiger partial charge < -0.3 is 5.73 Å². The summed E-state index contributed by atoms with van der Waals surface area (Å²) in [6.45, 7) is 0. The van der Waals surface area contributed by atoms with Crippen molar-refractivity contribution >= 4 is 34.5 Å². The molecule has 1 aromatic heterocycles. The van der Waals surface area contributed by atoms with E-state index in [9.17, 15) is 0 Å². The highest BCUT2D eigenvalue weighted by Crippen LogP contribution is 2.25. The number of benzene rings is 1. The number of nitrogens with zero attached hydrogens (tertiary/aromatic N) is 1. The molecule has 12 heavy (non-hydrogen) atoms. The number of nitrogens with two attached hydrogens (primary N) is 1. The highest BCUT2D eigenvalue weighted by atomic mass is 32.1. The molecule has 0 aliphatic carbocycles. The van der Waals surface area contributed by atoms with E-state index in [2.05, 4.69) is 31.0 Å². The molecular weight excluding hydrogens is 167 g/mol. The fourth-order valence-corrected chi connectivity index (χ4v) is 2.09. The molecule has 0 fully saturated rings. The average Bonchev–Trinajstić information content (AvgIpc) is 2.44. The molecular formula is C8H9BN2S. The summed E-state index contributed by atoms with van der Waals surface area (Å²) < 4.78 is 1.19. The number of fused-ring (bicyclic) bond motifs is 1. The second-order valence-electron chi connectivity index (χ2n) is 2.67. The first-order valence-corrected chi connectivity index (χ1v) is 4.77. The third-order valence-corrected chi connectivity index (χ3v) is 2.75. The third-order valence-electron chi connectivity index (χ3n) is 1.90. The molecule has 2 rings (SSSR count). The first-order chi connectivity index (χ1) is 5.81. The van der Waals surface area contributed by atoms with Gasteiger partial charge in [-0.3, -0.25) is 0 Å². The van der Waals surface area contributed by atoms with Gasteiger partial charge in [-0.25, -0.2) is 4.98 Å². The molecule has 2 nitrogen and oxygen atoms in total. The van der Waals surface area contributed by atoms with Crippen LogP contribution in [0.3, 0.4) is 0 Å². The number of anilines is 1. The molecule has 0 atom stereocenters. The molecule has 0 aliphatic heterocycles. The van der Waals surface area contributed by atoms with E-state index >= 15 is 0 Å². The summed E-state index contributed by atoms with van der Waals surface area (Å²) >= 11 is 1.55. The van der Waals surface area contributed by atoms with Crippen molar-refractivity contribution in [3.63, 3.8) is 0 Å². The van der Waals surface area contributed by atoms with E-state index in [-0.39, 0.29) is 0 Å². The highest BCUT2D eigenvalue weighted by molar-refractivity contribution is 7.22. The third kappa shape index (κ3) is 1.08. The Hall–Kier alpha value is -1.03. The lowest BCUT2D eigenvalue weighted by Crippen LogP contribution is -1.86. The summed E-state index contributed by atoms with van der Waals surface area (Å²) in [5, 5.41) is 0.658. The first kappa shape index (κ1) is 7.62. The van der Waals surface area contributed by atoms with Gasteiger partial charge in [0.1, 0.15) is 7.85 Å². The van der Waals surface area contributed by atoms with Crippen molar-refractivity contribution < 1.29 is 0 Å². The van der Waals surface area contributed by atoms with Gasteiger partial charge in [-0.1, -0.05) is 29.8 Å². The molecule has 0 unspecified atom stereocenters. The molecule has 0 aliphatic rings. The van der Waals surface area contributed by atoms with Crippen LogP contribution in [-0.4, -0.2) is 12.8 Å². The number of hydrogen-bond donors (Lipinski definition) is 1. The molecule has 0 spiro atoms. The van der Waals surface area contributed by atoms with Gasteiger partial charge in [0.2, 0.25) is 0 Å². The van der Waals surface area contributed by atoms with Crippen molar-refractivity contribution in [1.29, 1.82) is 0 Å². The van der Waals surface area contributed by atoms with Gasteiger partial charge in [-0.2, -0.15) is 0 Å². The van der Waals surface area contributed by atoms with Gasteiger partial charge in [0, 0.05) is 0 Å². The molecule has 60 valence electrons. The Morgan fingerprint density at radius 2 is 2.33 bits per heavy atom. The van der Waals surface area contributed by atoms with Gasteiger partial charge in [0.15, 0.2) is 5.13 Å². The van der Waals surface area contributed by atoms with Crippen molar-refractivity contribution in [2.75, 3.05) is 5.73 Å². The number of thiazole rings is 1. The number of aromatic nitrogens is 1. The first-order valence-electron chi connectivity index (χ1n) is 3.95. The fraction of sp³-hybridized carbons (Fsp3) is 0.125. The van der Waals surface area contributed by atoms with Crippen LogP contribution in [0.1, 0.15) is 5.56 Å². The highest BCUT2D eigenvalue weighted by Gasteiger charge is 2.03. The minimum atomic E-state index is 0.658. The van der Waals surface area contributed by atoms with Crippen LogP contribution in [-0.2, 0) is 6.32 Å². The zero-order valence-electron chi connectivity index (χ0n) is 6.87. The lowest BCUT2D eigenvalue weighted by Gasteiger charge is -1.94. The van der Waals surface area contributed by atoms with Crippen molar-refractivity contribution in [3.8, 4) is 0 Å². The maximum atomic E-state index is 5.62. The van der Waals surface area contributed by atoms with Gasteiger partial charge in [-0.05, 0) is 11.6 Å². The van der Waals surface area contributed by atoms with Crippen LogP contribution < -0.4 is 5.73 Å². The van der Waals surface area contributed by atoms with Crippen molar-refractivity contribution in [1.82, 2.24) is 4.98 Å². The summed E-state index contributed by atoms with van der Waals surface area (Å²) in [5.74, 6) is 0. The van der Waals surface area contributed by atoms with E-state index < -0.39 is 0 Å². The Balaban J connectivity index is 2.78. The van der Waals surface area contributed by atoms with Gasteiger partial charge >= 0.3 is 0 Å². The van der Waals surface area contributed by atoms with Crippen LogP contribution in [0.4, 0.5) is 5.13 Å². The van der Waals surface area contributed by atoms with E-state index in [4.69, 9.17) is 5.73 Å². The minimum absolute atomic E-state index is 0.658. The molecule has 2 aromatic rings. The molecule has 0 saturated heterocycles. The maximum absolute atomic E-state index is 5.62. The summed E-state index contributed by atoms with van der Waals surface area (Å²) in [7, 11) is 2.13. The molecule has 4 heteroatoms. The van der Waals surface area contributed by atoms with Gasteiger partial charge in [0.25, 0.3) is 0 Å². The monoisotopic (exact) mass is 176 g/mol. The standard InChI is InChI=1S/C8H9BN2S/c9-4-5-2-1-3-6-7(5)11-8(10)12-6/h1-3H,4,9H2,(H2,10,11). The summed E-state index contributed by atoms with van der Waals surface area (Å²) in [4.78, 5) is 4.28. The SMILES string of the molecule is BCc1cccc2sc(N)nc12. The van der Waals surface area contributed by atoms with E-state index in [1.165, 1.54) is 10.3 Å². The van der Waals surface area contributed by atoms with Crippen molar-refractivity contribution in [2.45, 2.75) is 6.32 Å². The van der Waals surface area contributed by atoms with Crippen molar-refractivity contribution in [3.05, 3.63) is 23.8 Å². The predicted molar refractivity (Wildman–Crippen MR) is 56.3 cm³/mol. The smallest absolute Gasteiger partial charge is 0.181 e. The predicted octanol–water partition coefficient (Wildman–Crippen LogP) is 1.01. The van der Waals surface area contributed by atoms with Crippen LogP contribution in [0, 0.1) is 0 Å². The Bertz CT molecular complexity index is 410. The average molecular weight is 176 g/mol. The summed E-state index contributed by atoms with van der Waals surface area (Å²) in [5.41, 5.74) is 7.97. The fourth-order valence-electron chi connectivity index (χ4n) is 1.31. The normalized spacial score (nSPS) is 10.7. The molecule has 0 saturated carbocycles. The molecule has 0 amide bonds. The second-order valence-corrected chi connectivity index (χ2v) is 3.73. The minimum Gasteiger partial charge on any atom is -0.375 e. The number of nitrogen functional groups attached to an aromatic ring is 1. The van der Waals surface area contributed by atoms with E-state index in [0.717, 1.165) is 11.8 Å². The van der Waals surface area contributed by atoms with Crippen LogP contribution in [0.5, 0.6) is 0 Å². The zero-order valence-corrected chi connectivity index (χ0v) is 7.69. The number of rotatable bonds is 1. The van der Waals surface area contributed by atoms with E-state index in [1.54, 1.807) is 11.3 Å². The molecule has 1 aromatic carbocycles. The van der Waals surface area contributed by atoms with E-state index in [1.807, 2.05) is 0 Å². The van der Waals surface area contributed by atoms with Gasteiger partial charge in [0.05, 0.1) is 10.2 Å². The van der Waals surface area contributed by atoms with Crippen molar-refractivity contribution in [2.24, 2.45) is 0 Å². The maximum Gasteiger partial charge on any atom is 0.181 e. The summed E-state index contributed by atoms with van der Waals surface area (Å²) in [6.07, 6.45) is 1.01. The topological polar surface area (TPSA) is 38.9 Å².